The molecule has 1 aromatic carbocycles. The molecule has 0 amide bonds. The lowest BCUT2D eigenvalue weighted by Gasteiger charge is -2.24. The van der Waals surface area contributed by atoms with Gasteiger partial charge in [-0.25, -0.2) is 0 Å². The molecule has 0 unspecified atom stereocenters. The Morgan fingerprint density at radius 1 is 1.32 bits per heavy atom. The van der Waals surface area contributed by atoms with E-state index in [9.17, 15) is 0 Å². The van der Waals surface area contributed by atoms with Crippen molar-refractivity contribution in [2.24, 2.45) is 0 Å². The summed E-state index contributed by atoms with van der Waals surface area (Å²) in [5.41, 5.74) is 1.33. The van der Waals surface area contributed by atoms with Gasteiger partial charge in [-0.05, 0) is 50.9 Å². The number of aromatic nitrogens is 3. The van der Waals surface area contributed by atoms with Gasteiger partial charge in [0, 0.05) is 12.6 Å². The van der Waals surface area contributed by atoms with Gasteiger partial charge in [0.2, 0.25) is 0 Å². The number of hydrogen-bond acceptors (Lipinski definition) is 4. The SMILES string of the molecule is CCn1c(C)nnc1CN1CCC[C@H]1c1cccc(OC)c1. The molecule has 2 aromatic rings. The van der Waals surface area contributed by atoms with E-state index in [1.807, 2.05) is 13.0 Å². The van der Waals surface area contributed by atoms with Crippen LogP contribution >= 0.6 is 0 Å². The number of benzene rings is 1. The van der Waals surface area contributed by atoms with Crippen LogP contribution in [0.1, 0.15) is 43.0 Å². The van der Waals surface area contributed by atoms with E-state index in [2.05, 4.69) is 44.8 Å². The molecule has 1 aliphatic heterocycles. The Hall–Kier alpha value is -1.88. The minimum atomic E-state index is 0.442. The van der Waals surface area contributed by atoms with Crippen LogP contribution in [0.5, 0.6) is 5.75 Å². The number of nitrogens with zero attached hydrogens (tertiary/aromatic N) is 4. The minimum absolute atomic E-state index is 0.442. The fourth-order valence-electron chi connectivity index (χ4n) is 3.38. The van der Waals surface area contributed by atoms with E-state index in [-0.39, 0.29) is 0 Å². The van der Waals surface area contributed by atoms with Gasteiger partial charge in [-0.15, -0.1) is 10.2 Å². The molecule has 118 valence electrons. The summed E-state index contributed by atoms with van der Waals surface area (Å²) in [7, 11) is 1.72. The van der Waals surface area contributed by atoms with E-state index in [0.717, 1.165) is 37.0 Å². The second-order valence-corrected chi connectivity index (χ2v) is 5.81. The van der Waals surface area contributed by atoms with Crippen molar-refractivity contribution in [1.29, 1.82) is 0 Å². The molecule has 0 bridgehead atoms. The predicted molar refractivity (Wildman–Crippen MR) is 85.8 cm³/mol. The van der Waals surface area contributed by atoms with Crippen LogP contribution in [-0.2, 0) is 13.1 Å². The van der Waals surface area contributed by atoms with Crippen LogP contribution in [0.2, 0.25) is 0 Å². The van der Waals surface area contributed by atoms with Crippen molar-refractivity contribution < 1.29 is 4.74 Å². The maximum absolute atomic E-state index is 5.36. The van der Waals surface area contributed by atoms with Crippen LogP contribution in [0.3, 0.4) is 0 Å². The number of aryl methyl sites for hydroxylation is 1. The van der Waals surface area contributed by atoms with E-state index in [4.69, 9.17) is 4.74 Å². The number of methoxy groups -OCH3 is 1. The van der Waals surface area contributed by atoms with Crippen LogP contribution in [0, 0.1) is 6.92 Å². The lowest BCUT2D eigenvalue weighted by Crippen LogP contribution is -2.25. The van der Waals surface area contributed by atoms with Crippen molar-refractivity contribution in [3.63, 3.8) is 0 Å². The molecule has 5 heteroatoms. The molecule has 0 saturated carbocycles. The fraction of sp³-hybridized carbons (Fsp3) is 0.529. The van der Waals surface area contributed by atoms with Gasteiger partial charge in [0.1, 0.15) is 17.4 Å². The Morgan fingerprint density at radius 3 is 2.95 bits per heavy atom. The highest BCUT2D eigenvalue weighted by molar-refractivity contribution is 5.31. The van der Waals surface area contributed by atoms with Gasteiger partial charge in [-0.1, -0.05) is 12.1 Å². The molecule has 1 aliphatic rings. The van der Waals surface area contributed by atoms with Crippen molar-refractivity contribution in [3.05, 3.63) is 41.5 Å². The molecular formula is C17H24N4O. The van der Waals surface area contributed by atoms with Crippen LogP contribution in [0.4, 0.5) is 0 Å². The third kappa shape index (κ3) is 2.86. The summed E-state index contributed by atoms with van der Waals surface area (Å²) >= 11 is 0. The number of ether oxygens (including phenoxy) is 1. The van der Waals surface area contributed by atoms with Gasteiger partial charge < -0.3 is 9.30 Å². The summed E-state index contributed by atoms with van der Waals surface area (Å²) < 4.78 is 7.56. The van der Waals surface area contributed by atoms with Crippen molar-refractivity contribution in [3.8, 4) is 5.75 Å². The first-order chi connectivity index (χ1) is 10.7. The zero-order valence-electron chi connectivity index (χ0n) is 13.6. The van der Waals surface area contributed by atoms with E-state index in [1.54, 1.807) is 7.11 Å². The second kappa shape index (κ2) is 6.48. The van der Waals surface area contributed by atoms with E-state index in [1.165, 1.54) is 18.4 Å². The highest BCUT2D eigenvalue weighted by atomic mass is 16.5. The first-order valence-corrected chi connectivity index (χ1v) is 7.99. The molecule has 2 heterocycles. The summed E-state index contributed by atoms with van der Waals surface area (Å²) in [6.45, 7) is 7.05. The molecule has 1 atom stereocenters. The van der Waals surface area contributed by atoms with Crippen LogP contribution in [0.25, 0.3) is 0 Å². The van der Waals surface area contributed by atoms with E-state index in [0.29, 0.717) is 6.04 Å². The van der Waals surface area contributed by atoms with Gasteiger partial charge >= 0.3 is 0 Å². The highest BCUT2D eigenvalue weighted by Crippen LogP contribution is 2.34. The third-order valence-corrected chi connectivity index (χ3v) is 4.52. The summed E-state index contributed by atoms with van der Waals surface area (Å²) in [6, 6.07) is 8.86. The van der Waals surface area contributed by atoms with E-state index < -0.39 is 0 Å². The highest BCUT2D eigenvalue weighted by Gasteiger charge is 2.27. The average Bonchev–Trinajstić information content (AvgIpc) is 3.14. The Kier molecular flexibility index (Phi) is 4.43. The lowest BCUT2D eigenvalue weighted by molar-refractivity contribution is 0.238. The molecule has 0 aliphatic carbocycles. The summed E-state index contributed by atoms with van der Waals surface area (Å²) in [5, 5.41) is 8.58. The van der Waals surface area contributed by atoms with Gasteiger partial charge in [-0.3, -0.25) is 4.90 Å². The summed E-state index contributed by atoms with van der Waals surface area (Å²) in [6.07, 6.45) is 2.41. The van der Waals surface area contributed by atoms with Gasteiger partial charge in [0.05, 0.1) is 13.7 Å². The van der Waals surface area contributed by atoms with Crippen molar-refractivity contribution in [2.75, 3.05) is 13.7 Å². The second-order valence-electron chi connectivity index (χ2n) is 5.81. The fourth-order valence-corrected chi connectivity index (χ4v) is 3.38. The first kappa shape index (κ1) is 15.0. The normalized spacial score (nSPS) is 18.8. The molecule has 1 aromatic heterocycles. The molecule has 0 radical (unpaired) electrons. The summed E-state index contributed by atoms with van der Waals surface area (Å²) in [4.78, 5) is 2.50. The molecule has 0 N–H and O–H groups in total. The largest absolute Gasteiger partial charge is 0.497 e. The summed E-state index contributed by atoms with van der Waals surface area (Å²) in [5.74, 6) is 2.99. The minimum Gasteiger partial charge on any atom is -0.497 e. The molecule has 3 rings (SSSR count). The Labute approximate surface area is 131 Å². The van der Waals surface area contributed by atoms with Crippen LogP contribution in [0.15, 0.2) is 24.3 Å². The van der Waals surface area contributed by atoms with Gasteiger partial charge in [0.15, 0.2) is 0 Å². The first-order valence-electron chi connectivity index (χ1n) is 7.99. The molecule has 5 nitrogen and oxygen atoms in total. The Morgan fingerprint density at radius 2 is 2.18 bits per heavy atom. The lowest BCUT2D eigenvalue weighted by atomic mass is 10.0. The molecule has 22 heavy (non-hydrogen) atoms. The third-order valence-electron chi connectivity index (χ3n) is 4.52. The van der Waals surface area contributed by atoms with Gasteiger partial charge in [-0.2, -0.15) is 0 Å². The average molecular weight is 300 g/mol. The van der Waals surface area contributed by atoms with E-state index >= 15 is 0 Å². The molecular weight excluding hydrogens is 276 g/mol. The van der Waals surface area contributed by atoms with Crippen molar-refractivity contribution >= 4 is 0 Å². The maximum Gasteiger partial charge on any atom is 0.147 e. The monoisotopic (exact) mass is 300 g/mol. The number of rotatable bonds is 5. The van der Waals surface area contributed by atoms with Crippen LogP contribution in [-0.4, -0.2) is 33.3 Å². The predicted octanol–water partition coefficient (Wildman–Crippen LogP) is 2.95. The molecule has 1 saturated heterocycles. The smallest absolute Gasteiger partial charge is 0.147 e. The number of likely N-dealkylation sites (tertiary alicyclic amines) is 1. The maximum atomic E-state index is 5.36. The quantitative estimate of drug-likeness (QED) is 0.851. The molecule has 1 fully saturated rings. The molecule has 0 spiro atoms. The van der Waals surface area contributed by atoms with Crippen LogP contribution < -0.4 is 4.74 Å². The topological polar surface area (TPSA) is 43.2 Å². The Balaban J connectivity index is 1.80. The Bertz CT molecular complexity index is 637. The zero-order valence-corrected chi connectivity index (χ0v) is 13.6. The van der Waals surface area contributed by atoms with Crippen molar-refractivity contribution in [1.82, 2.24) is 19.7 Å². The zero-order chi connectivity index (χ0) is 15.5. The van der Waals surface area contributed by atoms with Crippen molar-refractivity contribution in [2.45, 2.75) is 45.8 Å². The number of hydrogen-bond donors (Lipinski definition) is 0. The standard InChI is InChI=1S/C17H24N4O/c1-4-21-13(2)18-19-17(21)12-20-10-6-9-16(20)14-7-5-8-15(11-14)22-3/h5,7-8,11,16H,4,6,9-10,12H2,1-3H3/t16-/m0/s1. The van der Waals surface area contributed by atoms with Gasteiger partial charge in [0.25, 0.3) is 0 Å².